The Morgan fingerprint density at radius 1 is 1.09 bits per heavy atom. The van der Waals surface area contributed by atoms with E-state index in [2.05, 4.69) is 15.5 Å². The van der Waals surface area contributed by atoms with Crippen LogP contribution in [-0.2, 0) is 21.2 Å². The van der Waals surface area contributed by atoms with Crippen molar-refractivity contribution in [3.8, 4) is 0 Å². The van der Waals surface area contributed by atoms with E-state index in [1.807, 2.05) is 42.7 Å². The summed E-state index contributed by atoms with van der Waals surface area (Å²) in [6.45, 7) is 0.573. The third kappa shape index (κ3) is 6.01. The van der Waals surface area contributed by atoms with Gasteiger partial charge in [0.1, 0.15) is 0 Å². The molecule has 0 atom stereocenters. The highest BCUT2D eigenvalue weighted by molar-refractivity contribution is 7.99. The van der Waals surface area contributed by atoms with Crippen LogP contribution in [0.15, 0.2) is 73.7 Å². The lowest BCUT2D eigenvalue weighted by Gasteiger charge is -2.30. The van der Waals surface area contributed by atoms with Crippen molar-refractivity contribution in [1.29, 1.82) is 0 Å². The summed E-state index contributed by atoms with van der Waals surface area (Å²) < 4.78 is 33.2. The average Bonchev–Trinajstić information content (AvgIpc) is 3.31. The Morgan fingerprint density at radius 2 is 1.79 bits per heavy atom. The number of anilines is 1. The molecular formula is C23H26N4O4S3. The summed E-state index contributed by atoms with van der Waals surface area (Å²) in [4.78, 5) is 14.9. The Balaban J connectivity index is 1.27. The molecule has 1 aliphatic rings. The SMILES string of the molecule is CSc1ccccc1S(=O)(=O)N1CCC(C(=O)Nc2nnc(CCSc3ccccc3)o2)CC1. The van der Waals surface area contributed by atoms with Gasteiger partial charge in [-0.25, -0.2) is 8.42 Å². The van der Waals surface area contributed by atoms with Crippen molar-refractivity contribution >= 4 is 45.5 Å². The van der Waals surface area contributed by atoms with E-state index < -0.39 is 10.0 Å². The van der Waals surface area contributed by atoms with Gasteiger partial charge in [0.15, 0.2) is 0 Å². The topological polar surface area (TPSA) is 105 Å². The van der Waals surface area contributed by atoms with Crippen LogP contribution in [0.2, 0.25) is 0 Å². The largest absolute Gasteiger partial charge is 0.408 e. The van der Waals surface area contributed by atoms with E-state index >= 15 is 0 Å². The van der Waals surface area contributed by atoms with Gasteiger partial charge in [-0.3, -0.25) is 10.1 Å². The summed E-state index contributed by atoms with van der Waals surface area (Å²) in [5.41, 5.74) is 0. The summed E-state index contributed by atoms with van der Waals surface area (Å²) in [6, 6.07) is 17.1. The Morgan fingerprint density at radius 3 is 2.53 bits per heavy atom. The molecule has 0 bridgehead atoms. The third-order valence-electron chi connectivity index (χ3n) is 5.54. The average molecular weight is 519 g/mol. The highest BCUT2D eigenvalue weighted by atomic mass is 32.2. The third-order valence-corrected chi connectivity index (χ3v) is 9.43. The number of nitrogens with one attached hydrogen (secondary N) is 1. The van der Waals surface area contributed by atoms with Gasteiger partial charge in [-0.15, -0.1) is 28.6 Å². The molecule has 1 N–H and O–H groups in total. The maximum Gasteiger partial charge on any atom is 0.322 e. The number of carbonyl (C=O) groups is 1. The van der Waals surface area contributed by atoms with E-state index in [0.29, 0.717) is 30.0 Å². The molecule has 0 unspecified atom stereocenters. The summed E-state index contributed by atoms with van der Waals surface area (Å²) in [7, 11) is -3.60. The fraction of sp³-hybridized carbons (Fsp3) is 0.348. The van der Waals surface area contributed by atoms with Crippen LogP contribution in [-0.4, -0.2) is 53.9 Å². The van der Waals surface area contributed by atoms with Crippen molar-refractivity contribution in [2.75, 3.05) is 30.4 Å². The Labute approximate surface area is 208 Å². The van der Waals surface area contributed by atoms with Crippen LogP contribution in [0, 0.1) is 5.92 Å². The second-order valence-corrected chi connectivity index (χ2v) is 11.7. The monoisotopic (exact) mass is 518 g/mol. The highest BCUT2D eigenvalue weighted by Gasteiger charge is 2.33. The van der Waals surface area contributed by atoms with E-state index in [9.17, 15) is 13.2 Å². The minimum absolute atomic E-state index is 0.0775. The first-order valence-corrected chi connectivity index (χ1v) is 14.6. The quantitative estimate of drug-likeness (QED) is 0.421. The molecule has 1 aliphatic heterocycles. The number of thioether (sulfide) groups is 2. The summed E-state index contributed by atoms with van der Waals surface area (Å²) in [5, 5.41) is 10.6. The van der Waals surface area contributed by atoms with Crippen molar-refractivity contribution in [2.24, 2.45) is 5.92 Å². The molecule has 8 nitrogen and oxygen atoms in total. The number of piperidine rings is 1. The van der Waals surface area contributed by atoms with Crippen LogP contribution < -0.4 is 5.32 Å². The van der Waals surface area contributed by atoms with Crippen LogP contribution >= 0.6 is 23.5 Å². The zero-order valence-electron chi connectivity index (χ0n) is 18.7. The standard InChI is InChI=1S/C23H26N4O4S3/c1-32-19-9-5-6-10-20(19)34(29,30)27-14-11-17(12-15-27)22(28)24-23-26-25-21(31-23)13-16-33-18-7-3-2-4-8-18/h2-10,17H,11-16H2,1H3,(H,24,26,28). The first kappa shape index (κ1) is 24.8. The van der Waals surface area contributed by atoms with Crippen molar-refractivity contribution in [2.45, 2.75) is 33.9 Å². The molecule has 2 heterocycles. The summed E-state index contributed by atoms with van der Waals surface area (Å²) >= 11 is 3.10. The number of benzene rings is 2. The molecule has 180 valence electrons. The number of hydrogen-bond donors (Lipinski definition) is 1. The minimum Gasteiger partial charge on any atom is -0.408 e. The molecule has 4 rings (SSSR count). The fourth-order valence-corrected chi connectivity index (χ4v) is 7.17. The highest BCUT2D eigenvalue weighted by Crippen LogP contribution is 2.30. The van der Waals surface area contributed by atoms with E-state index in [4.69, 9.17) is 4.42 Å². The van der Waals surface area contributed by atoms with Gasteiger partial charge in [-0.1, -0.05) is 35.4 Å². The fourth-order valence-electron chi connectivity index (χ4n) is 3.71. The van der Waals surface area contributed by atoms with Gasteiger partial charge in [0.2, 0.25) is 21.8 Å². The number of rotatable bonds is 9. The predicted octanol–water partition coefficient (Wildman–Crippen LogP) is 4.17. The van der Waals surface area contributed by atoms with Crippen LogP contribution in [0.5, 0.6) is 0 Å². The summed E-state index contributed by atoms with van der Waals surface area (Å²) in [5.74, 6) is 0.709. The minimum atomic E-state index is -3.60. The Kier molecular flexibility index (Phi) is 8.30. The number of amides is 1. The van der Waals surface area contributed by atoms with Gasteiger partial charge < -0.3 is 4.42 Å². The number of aromatic nitrogens is 2. The molecule has 1 saturated heterocycles. The van der Waals surface area contributed by atoms with Gasteiger partial charge in [0.25, 0.3) is 0 Å². The molecule has 34 heavy (non-hydrogen) atoms. The van der Waals surface area contributed by atoms with Gasteiger partial charge in [-0.05, 0) is 43.4 Å². The van der Waals surface area contributed by atoms with Crippen molar-refractivity contribution in [3.05, 3.63) is 60.5 Å². The van der Waals surface area contributed by atoms with Crippen molar-refractivity contribution in [1.82, 2.24) is 14.5 Å². The van der Waals surface area contributed by atoms with Gasteiger partial charge in [0, 0.05) is 41.0 Å². The van der Waals surface area contributed by atoms with E-state index in [1.165, 1.54) is 21.0 Å². The van der Waals surface area contributed by atoms with Gasteiger partial charge >= 0.3 is 6.01 Å². The van der Waals surface area contributed by atoms with Crippen LogP contribution in [0.1, 0.15) is 18.7 Å². The second kappa shape index (κ2) is 11.4. The molecule has 0 radical (unpaired) electrons. The number of nitrogens with zero attached hydrogens (tertiary/aromatic N) is 3. The van der Waals surface area contributed by atoms with Crippen molar-refractivity contribution < 1.29 is 17.6 Å². The first-order valence-electron chi connectivity index (χ1n) is 10.9. The van der Waals surface area contributed by atoms with E-state index in [1.54, 1.807) is 30.0 Å². The molecule has 0 saturated carbocycles. The number of aryl methyl sites for hydroxylation is 1. The zero-order chi connectivity index (χ0) is 24.0. The van der Waals surface area contributed by atoms with Gasteiger partial charge in [0.05, 0.1) is 4.90 Å². The lowest BCUT2D eigenvalue weighted by molar-refractivity contribution is -0.121. The number of hydrogen-bond acceptors (Lipinski definition) is 8. The van der Waals surface area contributed by atoms with Crippen LogP contribution in [0.25, 0.3) is 0 Å². The Bertz CT molecular complexity index is 1210. The predicted molar refractivity (Wildman–Crippen MR) is 134 cm³/mol. The zero-order valence-corrected chi connectivity index (χ0v) is 21.2. The maximum atomic E-state index is 13.1. The van der Waals surface area contributed by atoms with Crippen LogP contribution in [0.3, 0.4) is 0 Å². The van der Waals surface area contributed by atoms with E-state index in [0.717, 1.165) is 10.6 Å². The number of sulfonamides is 1. The molecule has 0 aliphatic carbocycles. The van der Waals surface area contributed by atoms with Gasteiger partial charge in [-0.2, -0.15) is 4.31 Å². The lowest BCUT2D eigenvalue weighted by Crippen LogP contribution is -2.41. The van der Waals surface area contributed by atoms with Crippen LogP contribution in [0.4, 0.5) is 6.01 Å². The molecular weight excluding hydrogens is 492 g/mol. The molecule has 3 aromatic rings. The molecule has 11 heteroatoms. The molecule has 1 amide bonds. The second-order valence-electron chi connectivity index (χ2n) is 7.73. The number of carbonyl (C=O) groups excluding carboxylic acids is 1. The first-order chi connectivity index (χ1) is 16.5. The van der Waals surface area contributed by atoms with Crippen molar-refractivity contribution in [3.63, 3.8) is 0 Å². The normalized spacial score (nSPS) is 15.3. The Hall–Kier alpha value is -2.34. The molecule has 2 aromatic carbocycles. The summed E-state index contributed by atoms with van der Waals surface area (Å²) in [6.07, 6.45) is 3.31. The molecule has 1 aromatic heterocycles. The molecule has 0 spiro atoms. The smallest absolute Gasteiger partial charge is 0.322 e. The molecule has 1 fully saturated rings. The maximum absolute atomic E-state index is 13.1. The lowest BCUT2D eigenvalue weighted by atomic mass is 9.97. The van der Waals surface area contributed by atoms with E-state index in [-0.39, 0.29) is 30.9 Å².